The summed E-state index contributed by atoms with van der Waals surface area (Å²) in [7, 11) is 0. The van der Waals surface area contributed by atoms with Gasteiger partial charge in [0.05, 0.1) is 6.10 Å². The van der Waals surface area contributed by atoms with E-state index in [4.69, 9.17) is 28.6 Å². The quantitative estimate of drug-likeness (QED) is 0.833. The summed E-state index contributed by atoms with van der Waals surface area (Å²) in [5, 5.41) is 7.73. The van der Waals surface area contributed by atoms with Gasteiger partial charge in [-0.25, -0.2) is 0 Å². The SMILES string of the molecule is S=C(NCc1cccc(Cl)c1)NCC1CCCO1. The summed E-state index contributed by atoms with van der Waals surface area (Å²) in [6.07, 6.45) is 2.56. The highest BCUT2D eigenvalue weighted by Gasteiger charge is 2.14. The largest absolute Gasteiger partial charge is 0.376 e. The number of hydrogen-bond acceptors (Lipinski definition) is 2. The van der Waals surface area contributed by atoms with Crippen molar-refractivity contribution in [2.75, 3.05) is 13.2 Å². The molecule has 0 spiro atoms. The van der Waals surface area contributed by atoms with Crippen molar-refractivity contribution in [1.29, 1.82) is 0 Å². The van der Waals surface area contributed by atoms with Crippen molar-refractivity contribution in [2.45, 2.75) is 25.5 Å². The smallest absolute Gasteiger partial charge is 0.166 e. The predicted octanol–water partition coefficient (Wildman–Crippen LogP) is 2.48. The van der Waals surface area contributed by atoms with Crippen LogP contribution in [0.2, 0.25) is 5.02 Å². The van der Waals surface area contributed by atoms with Crippen LogP contribution in [0, 0.1) is 0 Å². The molecule has 0 aliphatic carbocycles. The Kier molecular flexibility index (Phi) is 5.23. The molecular formula is C13H17ClN2OS. The number of halogens is 1. The lowest BCUT2D eigenvalue weighted by Crippen LogP contribution is -2.39. The normalized spacial score (nSPS) is 18.6. The first-order valence-corrected chi connectivity index (χ1v) is 6.90. The first-order valence-electron chi connectivity index (χ1n) is 6.12. The minimum Gasteiger partial charge on any atom is -0.376 e. The second-order valence-corrected chi connectivity index (χ2v) is 5.17. The molecule has 0 bridgehead atoms. The molecule has 0 amide bonds. The average molecular weight is 285 g/mol. The summed E-state index contributed by atoms with van der Waals surface area (Å²) in [6, 6.07) is 7.74. The van der Waals surface area contributed by atoms with Gasteiger partial charge in [-0.2, -0.15) is 0 Å². The third-order valence-corrected chi connectivity index (χ3v) is 3.38. The Labute approximate surface area is 118 Å². The van der Waals surface area contributed by atoms with Crippen LogP contribution < -0.4 is 10.6 Å². The lowest BCUT2D eigenvalue weighted by molar-refractivity contribution is 0.114. The third-order valence-electron chi connectivity index (χ3n) is 2.86. The molecule has 1 fully saturated rings. The second kappa shape index (κ2) is 6.92. The van der Waals surface area contributed by atoms with Gasteiger partial charge in [0.25, 0.3) is 0 Å². The van der Waals surface area contributed by atoms with E-state index in [0.29, 0.717) is 17.8 Å². The minimum atomic E-state index is 0.302. The summed E-state index contributed by atoms with van der Waals surface area (Å²) in [6.45, 7) is 2.33. The molecule has 18 heavy (non-hydrogen) atoms. The Balaban J connectivity index is 1.68. The summed E-state index contributed by atoms with van der Waals surface area (Å²) in [5.41, 5.74) is 1.11. The molecule has 0 radical (unpaired) electrons. The summed E-state index contributed by atoms with van der Waals surface area (Å²) in [4.78, 5) is 0. The van der Waals surface area contributed by atoms with E-state index in [1.165, 1.54) is 0 Å². The Morgan fingerprint density at radius 2 is 2.33 bits per heavy atom. The van der Waals surface area contributed by atoms with E-state index in [0.717, 1.165) is 36.6 Å². The van der Waals surface area contributed by atoms with Gasteiger partial charge in [-0.05, 0) is 42.8 Å². The van der Waals surface area contributed by atoms with Crippen LogP contribution >= 0.6 is 23.8 Å². The zero-order chi connectivity index (χ0) is 12.8. The Morgan fingerprint density at radius 3 is 3.06 bits per heavy atom. The van der Waals surface area contributed by atoms with E-state index in [-0.39, 0.29) is 0 Å². The molecular weight excluding hydrogens is 268 g/mol. The zero-order valence-corrected chi connectivity index (χ0v) is 11.7. The maximum absolute atomic E-state index is 5.91. The number of thiocarbonyl (C=S) groups is 1. The molecule has 1 aliphatic heterocycles. The van der Waals surface area contributed by atoms with Crippen LogP contribution in [0.25, 0.3) is 0 Å². The van der Waals surface area contributed by atoms with Crippen LogP contribution in [0.5, 0.6) is 0 Å². The molecule has 5 heteroatoms. The Hall–Kier alpha value is -0.840. The zero-order valence-electron chi connectivity index (χ0n) is 10.1. The van der Waals surface area contributed by atoms with Crippen LogP contribution in [0.3, 0.4) is 0 Å². The lowest BCUT2D eigenvalue weighted by atomic mass is 10.2. The fourth-order valence-corrected chi connectivity index (χ4v) is 2.27. The van der Waals surface area contributed by atoms with Crippen molar-refractivity contribution in [3.63, 3.8) is 0 Å². The van der Waals surface area contributed by atoms with Gasteiger partial charge in [-0.15, -0.1) is 0 Å². The van der Waals surface area contributed by atoms with E-state index in [9.17, 15) is 0 Å². The summed E-state index contributed by atoms with van der Waals surface area (Å²) >= 11 is 11.1. The van der Waals surface area contributed by atoms with Gasteiger partial charge in [-0.1, -0.05) is 23.7 Å². The van der Waals surface area contributed by atoms with Gasteiger partial charge in [0, 0.05) is 24.7 Å². The van der Waals surface area contributed by atoms with Crippen LogP contribution in [0.15, 0.2) is 24.3 Å². The standard InChI is InChI=1S/C13H17ClN2OS/c14-11-4-1-3-10(7-11)8-15-13(18)16-9-12-5-2-6-17-12/h1,3-4,7,12H,2,5-6,8-9H2,(H2,15,16,18). The first-order chi connectivity index (χ1) is 8.74. The van der Waals surface area contributed by atoms with Crippen molar-refractivity contribution in [2.24, 2.45) is 0 Å². The van der Waals surface area contributed by atoms with Crippen molar-refractivity contribution < 1.29 is 4.74 Å². The van der Waals surface area contributed by atoms with Crippen molar-refractivity contribution in [3.8, 4) is 0 Å². The summed E-state index contributed by atoms with van der Waals surface area (Å²) < 4.78 is 5.51. The van der Waals surface area contributed by atoms with Gasteiger partial charge in [0.2, 0.25) is 0 Å². The third kappa shape index (κ3) is 4.44. The molecule has 2 N–H and O–H groups in total. The van der Waals surface area contributed by atoms with Crippen molar-refractivity contribution in [1.82, 2.24) is 10.6 Å². The van der Waals surface area contributed by atoms with Gasteiger partial charge in [0.15, 0.2) is 5.11 Å². The van der Waals surface area contributed by atoms with Gasteiger partial charge >= 0.3 is 0 Å². The molecule has 1 aromatic rings. The molecule has 98 valence electrons. The van der Waals surface area contributed by atoms with Gasteiger partial charge in [-0.3, -0.25) is 0 Å². The second-order valence-electron chi connectivity index (χ2n) is 4.33. The molecule has 2 rings (SSSR count). The van der Waals surface area contributed by atoms with Crippen LogP contribution in [0.1, 0.15) is 18.4 Å². The number of ether oxygens (including phenoxy) is 1. The molecule has 3 nitrogen and oxygen atoms in total. The maximum Gasteiger partial charge on any atom is 0.166 e. The van der Waals surface area contributed by atoms with E-state index < -0.39 is 0 Å². The van der Waals surface area contributed by atoms with Crippen molar-refractivity contribution >= 4 is 28.9 Å². The molecule has 0 aromatic heterocycles. The average Bonchev–Trinajstić information content (AvgIpc) is 2.87. The summed E-state index contributed by atoms with van der Waals surface area (Å²) in [5.74, 6) is 0. The number of rotatable bonds is 4. The monoisotopic (exact) mass is 284 g/mol. The molecule has 1 heterocycles. The highest BCUT2D eigenvalue weighted by atomic mass is 35.5. The maximum atomic E-state index is 5.91. The Morgan fingerprint density at radius 1 is 1.44 bits per heavy atom. The predicted molar refractivity (Wildman–Crippen MR) is 77.9 cm³/mol. The van der Waals surface area contributed by atoms with Gasteiger partial charge < -0.3 is 15.4 Å². The highest BCUT2D eigenvalue weighted by Crippen LogP contribution is 2.11. The van der Waals surface area contributed by atoms with Crippen molar-refractivity contribution in [3.05, 3.63) is 34.9 Å². The van der Waals surface area contributed by atoms with E-state index in [2.05, 4.69) is 10.6 Å². The lowest BCUT2D eigenvalue weighted by Gasteiger charge is -2.14. The first kappa shape index (κ1) is 13.6. The van der Waals surface area contributed by atoms with Gasteiger partial charge in [0.1, 0.15) is 0 Å². The number of benzene rings is 1. The fourth-order valence-electron chi connectivity index (χ4n) is 1.90. The molecule has 0 saturated carbocycles. The number of hydrogen-bond donors (Lipinski definition) is 2. The fraction of sp³-hybridized carbons (Fsp3) is 0.462. The van der Waals surface area contributed by atoms with Crippen LogP contribution in [-0.2, 0) is 11.3 Å². The van der Waals surface area contributed by atoms with Crippen LogP contribution in [-0.4, -0.2) is 24.4 Å². The van der Waals surface area contributed by atoms with E-state index in [1.807, 2.05) is 24.3 Å². The highest BCUT2D eigenvalue weighted by molar-refractivity contribution is 7.80. The molecule has 1 aromatic carbocycles. The molecule has 1 unspecified atom stereocenters. The topological polar surface area (TPSA) is 33.3 Å². The minimum absolute atomic E-state index is 0.302. The number of nitrogens with one attached hydrogen (secondary N) is 2. The van der Waals surface area contributed by atoms with E-state index >= 15 is 0 Å². The molecule has 1 aliphatic rings. The Bertz CT molecular complexity index is 408. The van der Waals surface area contributed by atoms with Crippen LogP contribution in [0.4, 0.5) is 0 Å². The molecule has 1 saturated heterocycles. The molecule has 1 atom stereocenters. The van der Waals surface area contributed by atoms with E-state index in [1.54, 1.807) is 0 Å².